The number of fused-ring (bicyclic) bond motifs is 2. The van der Waals surface area contributed by atoms with E-state index in [1.54, 1.807) is 6.33 Å². The average Bonchev–Trinajstić information content (AvgIpc) is 3.48. The second-order valence-electron chi connectivity index (χ2n) is 15.0. The maximum atomic E-state index is 13.8. The molecule has 5 rings (SSSR count). The number of pyridine rings is 2. The molecule has 0 atom stereocenters. The first-order valence-electron chi connectivity index (χ1n) is 15.4. The highest BCUT2D eigenvalue weighted by atomic mass is 16.2. The third kappa shape index (κ3) is 4.43. The number of piperazine rings is 1. The molecule has 9 nitrogen and oxygen atoms in total. The zero-order chi connectivity index (χ0) is 32.0. The Morgan fingerprint density at radius 1 is 0.953 bits per heavy atom. The molecule has 1 fully saturated rings. The molecule has 1 N–H and O–H groups in total. The summed E-state index contributed by atoms with van der Waals surface area (Å²) in [6.45, 7) is 9.08. The second kappa shape index (κ2) is 10.0. The minimum atomic E-state index is -0.498. The van der Waals surface area contributed by atoms with Crippen LogP contribution in [-0.2, 0) is 4.79 Å². The lowest BCUT2D eigenvalue weighted by Gasteiger charge is -2.74. The summed E-state index contributed by atoms with van der Waals surface area (Å²) in [5.41, 5.74) is 8.53. The number of aryl methyl sites for hydroxylation is 1. The number of nitrogens with zero attached hydrogens (tertiary/aromatic N) is 7. The van der Waals surface area contributed by atoms with E-state index in [-0.39, 0.29) is 11.8 Å². The fourth-order valence-corrected chi connectivity index (χ4v) is 7.46. The van der Waals surface area contributed by atoms with Crippen molar-refractivity contribution < 1.29 is 4.79 Å². The highest BCUT2D eigenvalue weighted by Gasteiger charge is 2.63. The van der Waals surface area contributed by atoms with Crippen molar-refractivity contribution in [2.45, 2.75) is 55.0 Å². The summed E-state index contributed by atoms with van der Waals surface area (Å²) in [5, 5.41) is 2.55. The summed E-state index contributed by atoms with van der Waals surface area (Å²) in [6.07, 6.45) is 3.68. The van der Waals surface area contributed by atoms with Crippen molar-refractivity contribution in [1.29, 1.82) is 0 Å². The maximum absolute atomic E-state index is 13.8. The van der Waals surface area contributed by atoms with Gasteiger partial charge < -0.3 is 19.7 Å². The van der Waals surface area contributed by atoms with Crippen LogP contribution in [0, 0.1) is 13.8 Å². The summed E-state index contributed by atoms with van der Waals surface area (Å²) >= 11 is 0. The molecular weight excluding hydrogens is 527 g/mol. The lowest BCUT2D eigenvalue weighted by Crippen LogP contribution is -2.93. The zero-order valence-corrected chi connectivity index (χ0v) is 28.6. The van der Waals surface area contributed by atoms with Gasteiger partial charge in [-0.15, -0.1) is 0 Å². The molecule has 5 heterocycles. The topological polar surface area (TPSA) is 85.7 Å². The van der Waals surface area contributed by atoms with E-state index in [2.05, 4.69) is 134 Å². The fraction of sp³-hybridized carbons (Fsp3) is 0.462. The quantitative estimate of drug-likeness (QED) is 0.243. The first kappa shape index (κ1) is 31.5. The van der Waals surface area contributed by atoms with Crippen molar-refractivity contribution in [3.8, 4) is 11.3 Å². The number of nitrogens with one attached hydrogen (secondary N) is 1. The standard InChI is InChI=1S/C26H42B8N8O/c1-12(2)19-20(15-9-40-22(35-11-36-40)14(4)13(15)3)37-16-7-8-17(38-21(16)19)41-23(27,28)25(31,32)42(18(43)10-39(5)6)26(33,34)24(41,29)30/h7-9,11-12,37H,10,27-34H2,1-6H3. The van der Waals surface area contributed by atoms with Gasteiger partial charge in [0.1, 0.15) is 74.9 Å². The van der Waals surface area contributed by atoms with E-state index < -0.39 is 21.4 Å². The third-order valence-corrected chi connectivity index (χ3v) is 10.8. The van der Waals surface area contributed by atoms with Crippen LogP contribution in [0.25, 0.3) is 27.9 Å². The predicted molar refractivity (Wildman–Crippen MR) is 199 cm³/mol. The number of aromatic nitrogens is 5. The molecule has 4 aromatic heterocycles. The molecule has 43 heavy (non-hydrogen) atoms. The first-order valence-corrected chi connectivity index (χ1v) is 15.4. The van der Waals surface area contributed by atoms with E-state index in [0.29, 0.717) is 6.54 Å². The van der Waals surface area contributed by atoms with Gasteiger partial charge in [0.25, 0.3) is 0 Å². The van der Waals surface area contributed by atoms with Crippen LogP contribution in [0.3, 0.4) is 0 Å². The number of hydrogen-bond donors (Lipinski definition) is 1. The SMILES string of the molecule is BC1(B)N(C(=O)CN(C)C)C(B)(B)C(B)(B)N(c2ccc3[nH]c(-c4cn5ncnc5c(C)c4C)c(C(C)C)c3n2)C1(B)B. The van der Waals surface area contributed by atoms with Crippen molar-refractivity contribution in [3.63, 3.8) is 0 Å². The predicted octanol–water partition coefficient (Wildman–Crippen LogP) is -5.10. The highest BCUT2D eigenvalue weighted by Crippen LogP contribution is 2.46. The maximum Gasteiger partial charge on any atom is 0.235 e. The Balaban J connectivity index is 1.72. The largest absolute Gasteiger partial charge is 0.376 e. The lowest BCUT2D eigenvalue weighted by atomic mass is 9.26. The van der Waals surface area contributed by atoms with Crippen LogP contribution in [0.4, 0.5) is 5.82 Å². The molecule has 1 aliphatic heterocycles. The molecule has 1 amide bonds. The Kier molecular flexibility index (Phi) is 7.35. The van der Waals surface area contributed by atoms with Crippen molar-refractivity contribution in [2.75, 3.05) is 25.5 Å². The molecular formula is C26H42B8N8O. The van der Waals surface area contributed by atoms with Crippen LogP contribution < -0.4 is 4.90 Å². The minimum Gasteiger partial charge on any atom is -0.376 e. The third-order valence-electron chi connectivity index (χ3n) is 10.8. The van der Waals surface area contributed by atoms with Gasteiger partial charge in [0.2, 0.25) is 5.91 Å². The number of carbonyl (C=O) groups excluding carboxylic acids is 1. The Labute approximate surface area is 263 Å². The summed E-state index contributed by atoms with van der Waals surface area (Å²) in [4.78, 5) is 34.0. The molecule has 0 radical (unpaired) electrons. The number of likely N-dealkylation sites (N-methyl/N-ethyl adjacent to an activating group) is 1. The summed E-state index contributed by atoms with van der Waals surface area (Å²) in [6, 6.07) is 4.30. The molecule has 17 heteroatoms. The van der Waals surface area contributed by atoms with Crippen molar-refractivity contribution in [1.82, 2.24) is 34.4 Å². The smallest absolute Gasteiger partial charge is 0.235 e. The summed E-state index contributed by atoms with van der Waals surface area (Å²) in [7, 11) is 21.7. The molecule has 0 aliphatic carbocycles. The van der Waals surface area contributed by atoms with Crippen molar-refractivity contribution in [3.05, 3.63) is 41.3 Å². The molecule has 0 spiro atoms. The number of rotatable bonds is 5. The van der Waals surface area contributed by atoms with Gasteiger partial charge in [-0.25, -0.2) is 14.5 Å². The van der Waals surface area contributed by atoms with E-state index >= 15 is 0 Å². The van der Waals surface area contributed by atoms with Gasteiger partial charge in [-0.1, -0.05) is 13.8 Å². The number of anilines is 1. The van der Waals surface area contributed by atoms with E-state index in [0.717, 1.165) is 39.3 Å². The summed E-state index contributed by atoms with van der Waals surface area (Å²) in [5.74, 6) is 1.28. The lowest BCUT2D eigenvalue weighted by molar-refractivity contribution is -0.137. The molecule has 1 aliphatic rings. The molecule has 0 bridgehead atoms. The van der Waals surface area contributed by atoms with E-state index in [1.807, 2.05) is 23.5 Å². The molecule has 0 unspecified atom stereocenters. The second-order valence-corrected chi connectivity index (χ2v) is 15.0. The van der Waals surface area contributed by atoms with Gasteiger partial charge in [0, 0.05) is 17.3 Å². The van der Waals surface area contributed by atoms with E-state index in [1.165, 1.54) is 11.1 Å². The Hall–Kier alpha value is -2.94. The monoisotopic (exact) mass is 570 g/mol. The molecule has 4 aromatic rings. The van der Waals surface area contributed by atoms with Gasteiger partial charge in [0.15, 0.2) is 5.65 Å². The highest BCUT2D eigenvalue weighted by molar-refractivity contribution is 6.63. The Morgan fingerprint density at radius 2 is 1.56 bits per heavy atom. The molecule has 216 valence electrons. The van der Waals surface area contributed by atoms with Crippen LogP contribution in [0.1, 0.15) is 36.5 Å². The Morgan fingerprint density at radius 3 is 2.12 bits per heavy atom. The van der Waals surface area contributed by atoms with Gasteiger partial charge in [0.05, 0.1) is 23.3 Å². The zero-order valence-electron chi connectivity index (χ0n) is 28.6. The molecule has 0 aromatic carbocycles. The van der Waals surface area contributed by atoms with Gasteiger partial charge in [-0.3, -0.25) is 4.79 Å². The van der Waals surface area contributed by atoms with Gasteiger partial charge in [-0.05, 0) is 78.5 Å². The molecule has 1 saturated heterocycles. The first-order chi connectivity index (χ1) is 19.8. The average molecular weight is 569 g/mol. The Bertz CT molecular complexity index is 1720. The van der Waals surface area contributed by atoms with Gasteiger partial charge in [-0.2, -0.15) is 5.10 Å². The normalized spacial score (nSPS) is 19.1. The van der Waals surface area contributed by atoms with Gasteiger partial charge >= 0.3 is 0 Å². The fourth-order valence-electron chi connectivity index (χ4n) is 7.46. The number of hydrogen-bond acceptors (Lipinski definition) is 6. The van der Waals surface area contributed by atoms with Crippen LogP contribution in [-0.4, -0.2) is 145 Å². The summed E-state index contributed by atoms with van der Waals surface area (Å²) < 4.78 is 1.86. The number of amides is 1. The number of aromatic amines is 1. The minimum absolute atomic E-state index is 0.136. The van der Waals surface area contributed by atoms with Crippen LogP contribution >= 0.6 is 0 Å². The number of H-pyrrole nitrogens is 1. The van der Waals surface area contributed by atoms with Crippen LogP contribution in [0.2, 0.25) is 0 Å². The van der Waals surface area contributed by atoms with Crippen molar-refractivity contribution >= 4 is 91.2 Å². The van der Waals surface area contributed by atoms with Crippen LogP contribution in [0.15, 0.2) is 24.7 Å². The van der Waals surface area contributed by atoms with E-state index in [4.69, 9.17) is 4.98 Å². The molecule has 0 saturated carbocycles. The number of carbonyl (C=O) groups is 1. The van der Waals surface area contributed by atoms with Crippen LogP contribution in [0.5, 0.6) is 0 Å². The van der Waals surface area contributed by atoms with E-state index in [9.17, 15) is 4.79 Å². The van der Waals surface area contributed by atoms with Crippen molar-refractivity contribution in [2.24, 2.45) is 0 Å².